The average Bonchev–Trinajstić information content (AvgIpc) is 2.19. The van der Waals surface area contributed by atoms with Crippen LogP contribution in [0.2, 0.25) is 0 Å². The van der Waals surface area contributed by atoms with Gasteiger partial charge in [-0.2, -0.15) is 0 Å². The molecule has 19 heavy (non-hydrogen) atoms. The van der Waals surface area contributed by atoms with Crippen molar-refractivity contribution in [2.24, 2.45) is 11.1 Å². The number of nitrogens with two attached hydrogens (primary N) is 1. The fourth-order valence-corrected chi connectivity index (χ4v) is 2.09. The molecule has 0 spiro atoms. The van der Waals surface area contributed by atoms with E-state index in [0.29, 0.717) is 12.1 Å². The van der Waals surface area contributed by atoms with E-state index in [1.165, 1.54) is 0 Å². The van der Waals surface area contributed by atoms with Crippen molar-refractivity contribution in [3.05, 3.63) is 23.8 Å². The third kappa shape index (κ3) is 5.75. The molecule has 4 nitrogen and oxygen atoms in total. The molecule has 1 rings (SSSR count). The molecule has 0 aliphatic carbocycles. The van der Waals surface area contributed by atoms with E-state index in [1.807, 2.05) is 6.92 Å². The smallest absolute Gasteiger partial charge is 0.225 e. The molecule has 0 radical (unpaired) electrons. The number of anilines is 1. The van der Waals surface area contributed by atoms with Crippen LogP contribution in [0.1, 0.15) is 39.2 Å². The Morgan fingerprint density at radius 3 is 2.58 bits per heavy atom. The minimum Gasteiger partial charge on any atom is -0.508 e. The van der Waals surface area contributed by atoms with E-state index in [0.717, 1.165) is 12.0 Å². The highest BCUT2D eigenvalue weighted by molar-refractivity contribution is 5.91. The third-order valence-electron chi connectivity index (χ3n) is 2.81. The number of hydrogen-bond donors (Lipinski definition) is 3. The van der Waals surface area contributed by atoms with Gasteiger partial charge in [0, 0.05) is 18.2 Å². The SMILES string of the molecule is Cc1cc(O)ccc1NC(=O)CC(N)CC(C)(C)C. The van der Waals surface area contributed by atoms with Crippen LogP contribution in [0.4, 0.5) is 5.69 Å². The van der Waals surface area contributed by atoms with Crippen LogP contribution in [0, 0.1) is 12.3 Å². The van der Waals surface area contributed by atoms with Crippen LogP contribution in [0.5, 0.6) is 5.75 Å². The predicted octanol–water partition coefficient (Wildman–Crippen LogP) is 2.79. The summed E-state index contributed by atoms with van der Waals surface area (Å²) in [4.78, 5) is 11.9. The molecule has 1 aromatic carbocycles. The summed E-state index contributed by atoms with van der Waals surface area (Å²) < 4.78 is 0. The Morgan fingerprint density at radius 2 is 2.05 bits per heavy atom. The maximum absolute atomic E-state index is 11.9. The molecule has 1 unspecified atom stereocenters. The number of aromatic hydroxyl groups is 1. The van der Waals surface area contributed by atoms with E-state index in [2.05, 4.69) is 26.1 Å². The minimum absolute atomic E-state index is 0.0921. The molecule has 1 atom stereocenters. The molecule has 4 heteroatoms. The zero-order valence-corrected chi connectivity index (χ0v) is 12.2. The van der Waals surface area contributed by atoms with Crippen LogP contribution in [0.3, 0.4) is 0 Å². The monoisotopic (exact) mass is 264 g/mol. The topological polar surface area (TPSA) is 75.3 Å². The Balaban J connectivity index is 2.56. The van der Waals surface area contributed by atoms with Gasteiger partial charge in [-0.1, -0.05) is 20.8 Å². The summed E-state index contributed by atoms with van der Waals surface area (Å²) in [7, 11) is 0. The summed E-state index contributed by atoms with van der Waals surface area (Å²) in [6.07, 6.45) is 1.10. The third-order valence-corrected chi connectivity index (χ3v) is 2.81. The molecule has 0 heterocycles. The van der Waals surface area contributed by atoms with Crippen LogP contribution in [0.15, 0.2) is 18.2 Å². The maximum Gasteiger partial charge on any atom is 0.225 e. The Labute approximate surface area is 115 Å². The molecule has 1 amide bonds. The van der Waals surface area contributed by atoms with E-state index in [-0.39, 0.29) is 23.1 Å². The number of phenolic OH excluding ortho intramolecular Hbond substituents is 1. The number of benzene rings is 1. The number of nitrogens with one attached hydrogen (secondary N) is 1. The van der Waals surface area contributed by atoms with Gasteiger partial charge in [-0.25, -0.2) is 0 Å². The number of amides is 1. The molecule has 4 N–H and O–H groups in total. The fourth-order valence-electron chi connectivity index (χ4n) is 2.09. The van der Waals surface area contributed by atoms with E-state index in [9.17, 15) is 9.90 Å². The maximum atomic E-state index is 11.9. The Hall–Kier alpha value is -1.55. The molecule has 0 fully saturated rings. The van der Waals surface area contributed by atoms with Crippen molar-refractivity contribution in [1.82, 2.24) is 0 Å². The molecule has 0 bridgehead atoms. The number of carbonyl (C=O) groups is 1. The van der Waals surface area contributed by atoms with Crippen LogP contribution < -0.4 is 11.1 Å². The van der Waals surface area contributed by atoms with Crippen LogP contribution in [-0.2, 0) is 4.79 Å². The lowest BCUT2D eigenvalue weighted by Gasteiger charge is -2.22. The highest BCUT2D eigenvalue weighted by Crippen LogP contribution is 2.22. The molecule has 0 saturated heterocycles. The molecule has 0 aliphatic rings. The zero-order chi connectivity index (χ0) is 14.6. The van der Waals surface area contributed by atoms with Crippen LogP contribution in [0.25, 0.3) is 0 Å². The normalized spacial score (nSPS) is 13.1. The van der Waals surface area contributed by atoms with Crippen molar-refractivity contribution >= 4 is 11.6 Å². The molecule has 1 aromatic rings. The quantitative estimate of drug-likeness (QED) is 0.732. The van der Waals surface area contributed by atoms with Gasteiger partial charge in [0.1, 0.15) is 5.75 Å². The molecule has 106 valence electrons. The highest BCUT2D eigenvalue weighted by Gasteiger charge is 2.18. The Kier molecular flexibility index (Phi) is 4.95. The van der Waals surface area contributed by atoms with Crippen LogP contribution in [-0.4, -0.2) is 17.1 Å². The summed E-state index contributed by atoms with van der Waals surface area (Å²) in [6.45, 7) is 8.16. The molecule has 0 aliphatic heterocycles. The van der Waals surface area contributed by atoms with Crippen molar-refractivity contribution in [3.8, 4) is 5.75 Å². The van der Waals surface area contributed by atoms with Crippen molar-refractivity contribution in [1.29, 1.82) is 0 Å². The number of carbonyl (C=O) groups excluding carboxylic acids is 1. The molecule has 0 saturated carbocycles. The first-order valence-corrected chi connectivity index (χ1v) is 6.52. The predicted molar refractivity (Wildman–Crippen MR) is 78.1 cm³/mol. The standard InChI is InChI=1S/C15H24N2O2/c1-10-7-12(18)5-6-13(10)17-14(19)8-11(16)9-15(2,3)4/h5-7,11,18H,8-9,16H2,1-4H3,(H,17,19). The largest absolute Gasteiger partial charge is 0.508 e. The zero-order valence-electron chi connectivity index (χ0n) is 12.2. The van der Waals surface area contributed by atoms with Gasteiger partial charge in [0.25, 0.3) is 0 Å². The van der Waals surface area contributed by atoms with E-state index in [1.54, 1.807) is 18.2 Å². The Morgan fingerprint density at radius 1 is 1.42 bits per heavy atom. The molecule has 0 aromatic heterocycles. The van der Waals surface area contributed by atoms with Gasteiger partial charge in [0.15, 0.2) is 0 Å². The first kappa shape index (κ1) is 15.5. The lowest BCUT2D eigenvalue weighted by atomic mass is 9.87. The first-order chi connectivity index (χ1) is 8.67. The van der Waals surface area contributed by atoms with Gasteiger partial charge >= 0.3 is 0 Å². The highest BCUT2D eigenvalue weighted by atomic mass is 16.3. The number of phenols is 1. The summed E-state index contributed by atoms with van der Waals surface area (Å²) in [6, 6.07) is 4.72. The molecular weight excluding hydrogens is 240 g/mol. The van der Waals surface area contributed by atoms with Crippen molar-refractivity contribution < 1.29 is 9.90 Å². The van der Waals surface area contributed by atoms with Crippen molar-refractivity contribution in [2.45, 2.75) is 46.6 Å². The number of aryl methyl sites for hydroxylation is 1. The average molecular weight is 264 g/mol. The van der Waals surface area contributed by atoms with Crippen molar-refractivity contribution in [2.75, 3.05) is 5.32 Å². The lowest BCUT2D eigenvalue weighted by molar-refractivity contribution is -0.116. The second kappa shape index (κ2) is 6.06. The van der Waals surface area contributed by atoms with Crippen molar-refractivity contribution in [3.63, 3.8) is 0 Å². The summed E-state index contributed by atoms with van der Waals surface area (Å²) in [5, 5.41) is 12.1. The van der Waals surface area contributed by atoms with E-state index < -0.39 is 0 Å². The van der Waals surface area contributed by atoms with E-state index in [4.69, 9.17) is 5.73 Å². The summed E-state index contributed by atoms with van der Waals surface area (Å²) >= 11 is 0. The molecular formula is C15H24N2O2. The Bertz CT molecular complexity index is 450. The van der Waals surface area contributed by atoms with Gasteiger partial charge in [-0.15, -0.1) is 0 Å². The lowest BCUT2D eigenvalue weighted by Crippen LogP contribution is -2.31. The fraction of sp³-hybridized carbons (Fsp3) is 0.533. The number of hydrogen-bond acceptors (Lipinski definition) is 3. The first-order valence-electron chi connectivity index (χ1n) is 6.52. The number of rotatable bonds is 4. The van der Waals surface area contributed by atoms with Crippen LogP contribution >= 0.6 is 0 Å². The second-order valence-corrected chi connectivity index (χ2v) is 6.28. The van der Waals surface area contributed by atoms with Gasteiger partial charge in [-0.05, 0) is 42.5 Å². The second-order valence-electron chi connectivity index (χ2n) is 6.28. The van der Waals surface area contributed by atoms with E-state index >= 15 is 0 Å². The summed E-state index contributed by atoms with van der Waals surface area (Å²) in [5.41, 5.74) is 7.64. The summed E-state index contributed by atoms with van der Waals surface area (Å²) in [5.74, 6) is 0.102. The minimum atomic E-state index is -0.141. The van der Waals surface area contributed by atoms with Gasteiger partial charge in [-0.3, -0.25) is 4.79 Å². The van der Waals surface area contributed by atoms with Gasteiger partial charge in [0.05, 0.1) is 0 Å². The van der Waals surface area contributed by atoms with Gasteiger partial charge < -0.3 is 16.2 Å². The van der Waals surface area contributed by atoms with Gasteiger partial charge in [0.2, 0.25) is 5.91 Å².